The van der Waals surface area contributed by atoms with Crippen LogP contribution in [0.15, 0.2) is 54.6 Å². The highest BCUT2D eigenvalue weighted by molar-refractivity contribution is 6.05. The molecule has 1 amide bonds. The van der Waals surface area contributed by atoms with Gasteiger partial charge in [0.2, 0.25) is 0 Å². The molecule has 0 aliphatic heterocycles. The molecule has 2 aromatic carbocycles. The van der Waals surface area contributed by atoms with E-state index in [4.69, 9.17) is 4.74 Å². The number of carbonyl (C=O) groups excluding carboxylic acids is 2. The van der Waals surface area contributed by atoms with Crippen molar-refractivity contribution in [2.24, 2.45) is 0 Å². The number of ether oxygens (including phenoxy) is 1. The summed E-state index contributed by atoms with van der Waals surface area (Å²) >= 11 is 0. The van der Waals surface area contributed by atoms with Crippen molar-refractivity contribution in [3.05, 3.63) is 88.2 Å². The summed E-state index contributed by atoms with van der Waals surface area (Å²) in [5.41, 5.74) is 5.95. The van der Waals surface area contributed by atoms with Crippen LogP contribution >= 0.6 is 0 Å². The molecular formula is C25H27N3O3. The molecule has 6 nitrogen and oxygen atoms in total. The van der Waals surface area contributed by atoms with E-state index in [0.29, 0.717) is 30.1 Å². The molecule has 0 unspecified atom stereocenters. The van der Waals surface area contributed by atoms with E-state index in [9.17, 15) is 9.59 Å². The van der Waals surface area contributed by atoms with Crippen molar-refractivity contribution in [3.8, 4) is 0 Å². The van der Waals surface area contributed by atoms with E-state index in [1.807, 2.05) is 30.7 Å². The fourth-order valence-electron chi connectivity index (χ4n) is 3.27. The van der Waals surface area contributed by atoms with Gasteiger partial charge in [-0.3, -0.25) is 9.48 Å². The number of nitrogens with zero attached hydrogens (tertiary/aromatic N) is 2. The Labute approximate surface area is 182 Å². The molecule has 0 saturated heterocycles. The van der Waals surface area contributed by atoms with Crippen LogP contribution < -0.4 is 5.32 Å². The summed E-state index contributed by atoms with van der Waals surface area (Å²) in [6.45, 7) is 8.52. The number of esters is 1. The van der Waals surface area contributed by atoms with Gasteiger partial charge in [0, 0.05) is 17.5 Å². The number of rotatable bonds is 7. The number of anilines is 1. The van der Waals surface area contributed by atoms with Crippen LogP contribution in [0.25, 0.3) is 6.08 Å². The summed E-state index contributed by atoms with van der Waals surface area (Å²) in [6, 6.07) is 15.5. The molecule has 6 heteroatoms. The SMILES string of the molecule is CCOC(=O)/C=C/c1ccc(NC(=O)c2c(C)nn(Cc3ccc(C)cc3)c2C)cc1. The standard InChI is InChI=1S/C25H27N3O3/c1-5-31-23(29)15-12-20-10-13-22(14-11-20)26-25(30)24-18(3)27-28(19(24)4)16-21-8-6-17(2)7-9-21/h6-15H,5,16H2,1-4H3,(H,26,30)/b15-12+. The summed E-state index contributed by atoms with van der Waals surface area (Å²) in [4.78, 5) is 24.3. The van der Waals surface area contributed by atoms with E-state index >= 15 is 0 Å². The van der Waals surface area contributed by atoms with E-state index in [-0.39, 0.29) is 11.9 Å². The molecule has 0 aliphatic rings. The van der Waals surface area contributed by atoms with Gasteiger partial charge in [0.15, 0.2) is 0 Å². The Morgan fingerprint density at radius 3 is 2.35 bits per heavy atom. The van der Waals surface area contributed by atoms with Crippen molar-refractivity contribution in [1.82, 2.24) is 9.78 Å². The van der Waals surface area contributed by atoms with Crippen molar-refractivity contribution >= 4 is 23.6 Å². The molecule has 3 rings (SSSR count). The first-order valence-electron chi connectivity index (χ1n) is 10.2. The predicted octanol–water partition coefficient (Wildman–Crippen LogP) is 4.69. The van der Waals surface area contributed by atoms with Gasteiger partial charge < -0.3 is 10.1 Å². The van der Waals surface area contributed by atoms with Crippen LogP contribution in [0.4, 0.5) is 5.69 Å². The Morgan fingerprint density at radius 2 is 1.71 bits per heavy atom. The third kappa shape index (κ3) is 5.69. The number of benzene rings is 2. The van der Waals surface area contributed by atoms with E-state index in [2.05, 4.69) is 41.6 Å². The Balaban J connectivity index is 1.69. The maximum absolute atomic E-state index is 12.9. The van der Waals surface area contributed by atoms with Crippen LogP contribution in [0, 0.1) is 20.8 Å². The first-order valence-corrected chi connectivity index (χ1v) is 10.2. The first-order chi connectivity index (χ1) is 14.9. The third-order valence-electron chi connectivity index (χ3n) is 4.93. The summed E-state index contributed by atoms with van der Waals surface area (Å²) in [5, 5.41) is 7.49. The maximum Gasteiger partial charge on any atom is 0.330 e. The Morgan fingerprint density at radius 1 is 1.03 bits per heavy atom. The highest BCUT2D eigenvalue weighted by atomic mass is 16.5. The van der Waals surface area contributed by atoms with Crippen molar-refractivity contribution < 1.29 is 14.3 Å². The van der Waals surface area contributed by atoms with Gasteiger partial charge in [-0.15, -0.1) is 0 Å². The quantitative estimate of drug-likeness (QED) is 0.447. The fourth-order valence-corrected chi connectivity index (χ4v) is 3.27. The molecule has 31 heavy (non-hydrogen) atoms. The maximum atomic E-state index is 12.9. The van der Waals surface area contributed by atoms with Crippen LogP contribution in [0.3, 0.4) is 0 Å². The summed E-state index contributed by atoms with van der Waals surface area (Å²) in [6.07, 6.45) is 3.05. The van der Waals surface area contributed by atoms with Crippen LogP contribution in [0.5, 0.6) is 0 Å². The van der Waals surface area contributed by atoms with E-state index < -0.39 is 0 Å². The Bertz CT molecular complexity index is 1090. The molecule has 3 aromatic rings. The summed E-state index contributed by atoms with van der Waals surface area (Å²) in [7, 11) is 0. The second-order valence-corrected chi connectivity index (χ2v) is 7.35. The normalized spacial score (nSPS) is 11.0. The number of hydrogen-bond donors (Lipinski definition) is 1. The van der Waals surface area contributed by atoms with Gasteiger partial charge >= 0.3 is 5.97 Å². The van der Waals surface area contributed by atoms with Crippen LogP contribution in [0.1, 0.15) is 45.4 Å². The van der Waals surface area contributed by atoms with Gasteiger partial charge in [-0.1, -0.05) is 42.0 Å². The second-order valence-electron chi connectivity index (χ2n) is 7.35. The Hall–Kier alpha value is -3.67. The van der Waals surface area contributed by atoms with Gasteiger partial charge in [-0.2, -0.15) is 5.10 Å². The number of aryl methyl sites for hydroxylation is 2. The van der Waals surface area contributed by atoms with Crippen molar-refractivity contribution in [2.75, 3.05) is 11.9 Å². The average Bonchev–Trinajstić information content (AvgIpc) is 3.02. The van der Waals surface area contributed by atoms with Gasteiger partial charge in [0.1, 0.15) is 0 Å². The van der Waals surface area contributed by atoms with Gasteiger partial charge in [0.25, 0.3) is 5.91 Å². The van der Waals surface area contributed by atoms with Gasteiger partial charge in [-0.25, -0.2) is 4.79 Å². The fraction of sp³-hybridized carbons (Fsp3) is 0.240. The van der Waals surface area contributed by atoms with E-state index in [1.165, 1.54) is 11.6 Å². The number of amides is 1. The lowest BCUT2D eigenvalue weighted by molar-refractivity contribution is -0.137. The van der Waals surface area contributed by atoms with Crippen molar-refractivity contribution in [3.63, 3.8) is 0 Å². The zero-order valence-corrected chi connectivity index (χ0v) is 18.3. The molecule has 0 radical (unpaired) electrons. The minimum absolute atomic E-state index is 0.194. The monoisotopic (exact) mass is 417 g/mol. The highest BCUT2D eigenvalue weighted by Gasteiger charge is 2.19. The summed E-state index contributed by atoms with van der Waals surface area (Å²) in [5.74, 6) is -0.576. The molecule has 0 atom stereocenters. The molecule has 0 fully saturated rings. The molecule has 0 saturated carbocycles. The molecule has 0 aliphatic carbocycles. The predicted molar refractivity (Wildman–Crippen MR) is 122 cm³/mol. The largest absolute Gasteiger partial charge is 0.463 e. The minimum Gasteiger partial charge on any atom is -0.463 e. The number of hydrogen-bond acceptors (Lipinski definition) is 4. The van der Waals surface area contributed by atoms with Crippen molar-refractivity contribution in [1.29, 1.82) is 0 Å². The van der Waals surface area contributed by atoms with E-state index in [0.717, 1.165) is 16.8 Å². The van der Waals surface area contributed by atoms with Crippen molar-refractivity contribution in [2.45, 2.75) is 34.2 Å². The molecule has 160 valence electrons. The number of aromatic nitrogens is 2. The highest BCUT2D eigenvalue weighted by Crippen LogP contribution is 2.18. The second kappa shape index (κ2) is 9.89. The van der Waals surface area contributed by atoms with E-state index in [1.54, 1.807) is 25.1 Å². The van der Waals surface area contributed by atoms with Gasteiger partial charge in [0.05, 0.1) is 24.4 Å². The zero-order chi connectivity index (χ0) is 22.4. The lowest BCUT2D eigenvalue weighted by atomic mass is 10.1. The molecule has 0 spiro atoms. The third-order valence-corrected chi connectivity index (χ3v) is 4.93. The lowest BCUT2D eigenvalue weighted by Crippen LogP contribution is -2.14. The number of nitrogens with one attached hydrogen (secondary N) is 1. The smallest absolute Gasteiger partial charge is 0.330 e. The lowest BCUT2D eigenvalue weighted by Gasteiger charge is -2.08. The minimum atomic E-state index is -0.381. The molecule has 0 bridgehead atoms. The van der Waals surface area contributed by atoms with Crippen LogP contribution in [0.2, 0.25) is 0 Å². The van der Waals surface area contributed by atoms with Gasteiger partial charge in [-0.05, 0) is 57.0 Å². The molecule has 1 N–H and O–H groups in total. The molecule has 1 heterocycles. The number of carbonyl (C=O) groups is 2. The molecule has 1 aromatic heterocycles. The average molecular weight is 418 g/mol. The van der Waals surface area contributed by atoms with Crippen LogP contribution in [-0.2, 0) is 16.1 Å². The first kappa shape index (κ1) is 22.0. The molecular weight excluding hydrogens is 390 g/mol. The Kier molecular flexibility index (Phi) is 7.03. The topological polar surface area (TPSA) is 73.2 Å². The summed E-state index contributed by atoms with van der Waals surface area (Å²) < 4.78 is 6.72. The van der Waals surface area contributed by atoms with Crippen LogP contribution in [-0.4, -0.2) is 28.3 Å². The zero-order valence-electron chi connectivity index (χ0n) is 18.3.